The average molecular weight is 182 g/mol. The van der Waals surface area contributed by atoms with Crippen LogP contribution in [0.15, 0.2) is 12.3 Å². The van der Waals surface area contributed by atoms with E-state index in [-0.39, 0.29) is 6.03 Å². The number of nitrogens with one attached hydrogen (secondary N) is 2. The third kappa shape index (κ3) is 5.28. The lowest BCUT2D eigenvalue weighted by Crippen LogP contribution is -2.32. The summed E-state index contributed by atoms with van der Waals surface area (Å²) in [6.07, 6.45) is 8.50. The molecule has 13 heavy (non-hydrogen) atoms. The number of carbonyl (C=O) groups excluding carboxylic acids is 1. The molecule has 0 aromatic rings. The first-order valence-corrected chi connectivity index (χ1v) is 5.04. The van der Waals surface area contributed by atoms with Crippen molar-refractivity contribution in [3.63, 3.8) is 0 Å². The smallest absolute Gasteiger partial charge is 0.318 e. The van der Waals surface area contributed by atoms with Crippen molar-refractivity contribution in [2.45, 2.75) is 32.6 Å². The van der Waals surface area contributed by atoms with Gasteiger partial charge in [0.25, 0.3) is 0 Å². The fourth-order valence-corrected chi connectivity index (χ4v) is 0.978. The molecule has 0 atom stereocenters. The molecule has 1 rings (SSSR count). The molecule has 0 aromatic heterocycles. The molecule has 74 valence electrons. The van der Waals surface area contributed by atoms with Crippen molar-refractivity contribution in [2.24, 2.45) is 5.92 Å². The molecule has 2 amide bonds. The molecule has 0 radical (unpaired) electrons. The van der Waals surface area contributed by atoms with Gasteiger partial charge in [-0.25, -0.2) is 4.79 Å². The largest absolute Gasteiger partial charge is 0.338 e. The van der Waals surface area contributed by atoms with E-state index in [2.05, 4.69) is 23.6 Å². The van der Waals surface area contributed by atoms with E-state index in [4.69, 9.17) is 0 Å². The number of hydrogen-bond donors (Lipinski definition) is 2. The number of amides is 2. The molecular formula is C10H18N2O. The Labute approximate surface area is 79.6 Å². The molecule has 0 bridgehead atoms. The zero-order chi connectivity index (χ0) is 9.52. The van der Waals surface area contributed by atoms with Gasteiger partial charge in [0.2, 0.25) is 0 Å². The highest BCUT2D eigenvalue weighted by molar-refractivity contribution is 5.74. The van der Waals surface area contributed by atoms with Crippen molar-refractivity contribution in [1.82, 2.24) is 10.6 Å². The Balaban J connectivity index is 1.96. The Morgan fingerprint density at radius 3 is 2.92 bits per heavy atom. The molecular weight excluding hydrogens is 164 g/mol. The first-order chi connectivity index (χ1) is 6.33. The van der Waals surface area contributed by atoms with E-state index in [1.54, 1.807) is 6.20 Å². The summed E-state index contributed by atoms with van der Waals surface area (Å²) in [7, 11) is 0. The lowest BCUT2D eigenvalue weighted by molar-refractivity contribution is 0.244. The highest BCUT2D eigenvalue weighted by Crippen LogP contribution is 2.29. The second-order valence-corrected chi connectivity index (χ2v) is 3.45. The molecule has 1 aliphatic rings. The van der Waals surface area contributed by atoms with Gasteiger partial charge in [0.15, 0.2) is 0 Å². The van der Waals surface area contributed by atoms with Gasteiger partial charge in [-0.05, 0) is 25.2 Å². The monoisotopic (exact) mass is 182 g/mol. The topological polar surface area (TPSA) is 41.1 Å². The third-order valence-corrected chi connectivity index (χ3v) is 2.02. The molecule has 1 fully saturated rings. The lowest BCUT2D eigenvalue weighted by atomic mass is 10.3. The molecule has 0 saturated heterocycles. The van der Waals surface area contributed by atoms with Crippen molar-refractivity contribution in [3.05, 3.63) is 12.3 Å². The van der Waals surface area contributed by atoms with Gasteiger partial charge in [0, 0.05) is 12.7 Å². The normalized spacial score (nSPS) is 16.1. The number of allylic oxidation sites excluding steroid dienone is 1. The highest BCUT2D eigenvalue weighted by atomic mass is 16.2. The average Bonchev–Trinajstić information content (AvgIpc) is 2.89. The summed E-state index contributed by atoms with van der Waals surface area (Å²) in [5, 5.41) is 5.46. The van der Waals surface area contributed by atoms with Crippen molar-refractivity contribution < 1.29 is 4.79 Å². The highest BCUT2D eigenvalue weighted by Gasteiger charge is 2.16. The van der Waals surface area contributed by atoms with Crippen LogP contribution in [0.2, 0.25) is 0 Å². The minimum atomic E-state index is -0.0923. The van der Waals surface area contributed by atoms with Gasteiger partial charge in [-0.2, -0.15) is 0 Å². The van der Waals surface area contributed by atoms with E-state index in [9.17, 15) is 4.79 Å². The van der Waals surface area contributed by atoms with Crippen LogP contribution in [-0.4, -0.2) is 12.6 Å². The van der Waals surface area contributed by atoms with Crippen LogP contribution >= 0.6 is 0 Å². The van der Waals surface area contributed by atoms with E-state index in [1.165, 1.54) is 12.8 Å². The van der Waals surface area contributed by atoms with E-state index < -0.39 is 0 Å². The molecule has 0 heterocycles. The Bertz CT molecular complexity index is 185. The van der Waals surface area contributed by atoms with Crippen LogP contribution < -0.4 is 10.6 Å². The summed E-state index contributed by atoms with van der Waals surface area (Å²) in [5.41, 5.74) is 0. The molecule has 3 heteroatoms. The number of rotatable bonds is 5. The van der Waals surface area contributed by atoms with Crippen LogP contribution in [0.5, 0.6) is 0 Å². The SMILES string of the molecule is CCCCNC(=O)N/C=C/C1CC1. The van der Waals surface area contributed by atoms with Crippen molar-refractivity contribution in [1.29, 1.82) is 0 Å². The third-order valence-electron chi connectivity index (χ3n) is 2.02. The Morgan fingerprint density at radius 2 is 2.31 bits per heavy atom. The van der Waals surface area contributed by atoms with Gasteiger partial charge in [-0.3, -0.25) is 0 Å². The zero-order valence-corrected chi connectivity index (χ0v) is 8.18. The first-order valence-electron chi connectivity index (χ1n) is 5.04. The summed E-state index contributed by atoms with van der Waals surface area (Å²) in [5.74, 6) is 0.718. The molecule has 1 saturated carbocycles. The minimum Gasteiger partial charge on any atom is -0.338 e. The summed E-state index contributed by atoms with van der Waals surface area (Å²) in [6.45, 7) is 2.87. The maximum absolute atomic E-state index is 11.0. The molecule has 0 aliphatic heterocycles. The molecule has 3 nitrogen and oxygen atoms in total. The standard InChI is InChI=1S/C10H18N2O/c1-2-3-7-11-10(13)12-8-6-9-4-5-9/h6,8-9H,2-5,7H2,1H3,(H2,11,12,13)/b8-6+. The summed E-state index contributed by atoms with van der Waals surface area (Å²) in [6, 6.07) is -0.0923. The van der Waals surface area contributed by atoms with Gasteiger partial charge in [0.05, 0.1) is 0 Å². The molecule has 1 aliphatic carbocycles. The maximum Gasteiger partial charge on any atom is 0.318 e. The summed E-state index contributed by atoms with van der Waals surface area (Å²) < 4.78 is 0. The number of hydrogen-bond acceptors (Lipinski definition) is 1. The van der Waals surface area contributed by atoms with Crippen LogP contribution in [0, 0.1) is 5.92 Å². The van der Waals surface area contributed by atoms with Gasteiger partial charge in [-0.15, -0.1) is 0 Å². The van der Waals surface area contributed by atoms with Crippen molar-refractivity contribution in [2.75, 3.05) is 6.54 Å². The lowest BCUT2D eigenvalue weighted by Gasteiger charge is -2.02. The van der Waals surface area contributed by atoms with Gasteiger partial charge in [0.1, 0.15) is 0 Å². The van der Waals surface area contributed by atoms with Gasteiger partial charge in [-0.1, -0.05) is 19.4 Å². The number of carbonyl (C=O) groups is 1. The van der Waals surface area contributed by atoms with Gasteiger partial charge >= 0.3 is 6.03 Å². The fourth-order valence-electron chi connectivity index (χ4n) is 0.978. The predicted octanol–water partition coefficient (Wildman–Crippen LogP) is 2.01. The van der Waals surface area contributed by atoms with E-state index >= 15 is 0 Å². The summed E-state index contributed by atoms with van der Waals surface area (Å²) >= 11 is 0. The zero-order valence-electron chi connectivity index (χ0n) is 8.18. The Hall–Kier alpha value is -0.990. The molecule has 0 aromatic carbocycles. The van der Waals surface area contributed by atoms with Crippen molar-refractivity contribution >= 4 is 6.03 Å². The summed E-state index contributed by atoms with van der Waals surface area (Å²) in [4.78, 5) is 11.0. The number of unbranched alkanes of at least 4 members (excludes halogenated alkanes) is 1. The second kappa shape index (κ2) is 5.62. The van der Waals surface area contributed by atoms with Crippen molar-refractivity contribution in [3.8, 4) is 0 Å². The molecule has 0 unspecified atom stereocenters. The Morgan fingerprint density at radius 1 is 1.54 bits per heavy atom. The first kappa shape index (κ1) is 10.1. The molecule has 2 N–H and O–H groups in total. The van der Waals surface area contributed by atoms with Crippen LogP contribution in [0.1, 0.15) is 32.6 Å². The van der Waals surface area contributed by atoms with Crippen LogP contribution in [0.3, 0.4) is 0 Å². The maximum atomic E-state index is 11.0. The Kier molecular flexibility index (Phi) is 4.36. The van der Waals surface area contributed by atoms with Gasteiger partial charge < -0.3 is 10.6 Å². The van der Waals surface area contributed by atoms with E-state index in [0.29, 0.717) is 0 Å². The molecule has 0 spiro atoms. The number of urea groups is 1. The minimum absolute atomic E-state index is 0.0923. The van der Waals surface area contributed by atoms with Crippen LogP contribution in [-0.2, 0) is 0 Å². The van der Waals surface area contributed by atoms with Crippen LogP contribution in [0.25, 0.3) is 0 Å². The van der Waals surface area contributed by atoms with E-state index in [0.717, 1.165) is 25.3 Å². The predicted molar refractivity (Wildman–Crippen MR) is 53.3 cm³/mol. The van der Waals surface area contributed by atoms with Crippen LogP contribution in [0.4, 0.5) is 4.79 Å². The fraction of sp³-hybridized carbons (Fsp3) is 0.700. The second-order valence-electron chi connectivity index (χ2n) is 3.45. The quantitative estimate of drug-likeness (QED) is 0.627. The van der Waals surface area contributed by atoms with E-state index in [1.807, 2.05) is 0 Å².